The highest BCUT2D eigenvalue weighted by molar-refractivity contribution is 5.28. The van der Waals surface area contributed by atoms with Crippen LogP contribution in [0.2, 0.25) is 0 Å². The number of hydrogen-bond acceptors (Lipinski definition) is 2. The zero-order chi connectivity index (χ0) is 12.5. The molecule has 0 fully saturated rings. The molecule has 17 heavy (non-hydrogen) atoms. The Labute approximate surface area is 102 Å². The quantitative estimate of drug-likeness (QED) is 0.703. The minimum absolute atomic E-state index is 0.246. The first kappa shape index (κ1) is 14.0. The smallest absolute Gasteiger partial charge is 0.119 e. The van der Waals surface area contributed by atoms with Gasteiger partial charge in [0.1, 0.15) is 5.75 Å². The summed E-state index contributed by atoms with van der Waals surface area (Å²) in [6.45, 7) is 2.32. The molecule has 0 aliphatic carbocycles. The molecule has 0 spiro atoms. The first-order chi connectivity index (χ1) is 8.27. The van der Waals surface area contributed by atoms with Crippen LogP contribution in [0, 0.1) is 0 Å². The van der Waals surface area contributed by atoms with Crippen LogP contribution in [0.15, 0.2) is 24.3 Å². The Morgan fingerprint density at radius 3 is 2.47 bits per heavy atom. The number of aliphatic hydroxyl groups excluding tert-OH is 1. The number of ether oxygens (including phenoxy) is 1. The van der Waals surface area contributed by atoms with Crippen molar-refractivity contribution in [1.29, 1.82) is 0 Å². The van der Waals surface area contributed by atoms with Crippen LogP contribution < -0.4 is 4.74 Å². The van der Waals surface area contributed by atoms with Gasteiger partial charge >= 0.3 is 0 Å². The fourth-order valence-electron chi connectivity index (χ4n) is 1.59. The largest absolute Gasteiger partial charge is 0.494 e. The highest BCUT2D eigenvalue weighted by Gasteiger charge is 2.04. The highest BCUT2D eigenvalue weighted by Crippen LogP contribution is 2.19. The Hall–Kier alpha value is -1.09. The SMILES string of the molecule is CC[C@@H](O)c1ccc(OCCCCCF)cc1. The maximum absolute atomic E-state index is 11.8. The molecular weight excluding hydrogens is 219 g/mol. The molecule has 0 saturated heterocycles. The molecule has 0 saturated carbocycles. The van der Waals surface area contributed by atoms with Crippen molar-refractivity contribution in [2.75, 3.05) is 13.3 Å². The molecule has 96 valence electrons. The van der Waals surface area contributed by atoms with E-state index in [4.69, 9.17) is 4.74 Å². The van der Waals surface area contributed by atoms with Gasteiger partial charge in [-0.3, -0.25) is 4.39 Å². The molecule has 3 heteroatoms. The number of rotatable bonds is 8. The van der Waals surface area contributed by atoms with Crippen molar-refractivity contribution in [1.82, 2.24) is 0 Å². The Bertz CT molecular complexity index is 298. The van der Waals surface area contributed by atoms with Crippen LogP contribution in [0.3, 0.4) is 0 Å². The van der Waals surface area contributed by atoms with Gasteiger partial charge in [-0.25, -0.2) is 0 Å². The molecule has 0 radical (unpaired) electrons. The molecule has 1 N–H and O–H groups in total. The molecular formula is C14H21FO2. The maximum Gasteiger partial charge on any atom is 0.119 e. The van der Waals surface area contributed by atoms with Gasteiger partial charge in [0.15, 0.2) is 0 Å². The highest BCUT2D eigenvalue weighted by atomic mass is 19.1. The van der Waals surface area contributed by atoms with E-state index in [1.165, 1.54) is 0 Å². The van der Waals surface area contributed by atoms with Gasteiger partial charge in [0, 0.05) is 0 Å². The number of aliphatic hydroxyl groups is 1. The van der Waals surface area contributed by atoms with Gasteiger partial charge in [0.25, 0.3) is 0 Å². The van der Waals surface area contributed by atoms with Crippen molar-refractivity contribution in [3.63, 3.8) is 0 Å². The van der Waals surface area contributed by atoms with E-state index in [-0.39, 0.29) is 6.67 Å². The maximum atomic E-state index is 11.8. The second-order valence-corrected chi connectivity index (χ2v) is 4.09. The second kappa shape index (κ2) is 8.07. The molecule has 0 amide bonds. The Kier molecular flexibility index (Phi) is 6.63. The van der Waals surface area contributed by atoms with Crippen molar-refractivity contribution < 1.29 is 14.2 Å². The number of hydrogen-bond donors (Lipinski definition) is 1. The van der Waals surface area contributed by atoms with E-state index >= 15 is 0 Å². The predicted molar refractivity (Wildman–Crippen MR) is 67.0 cm³/mol. The molecule has 1 rings (SSSR count). The van der Waals surface area contributed by atoms with Gasteiger partial charge in [0.2, 0.25) is 0 Å². The van der Waals surface area contributed by atoms with Gasteiger partial charge in [0.05, 0.1) is 19.4 Å². The molecule has 1 atom stereocenters. The fraction of sp³-hybridized carbons (Fsp3) is 0.571. The van der Waals surface area contributed by atoms with Gasteiger partial charge in [-0.05, 0) is 43.4 Å². The summed E-state index contributed by atoms with van der Waals surface area (Å²) in [5.41, 5.74) is 0.914. The summed E-state index contributed by atoms with van der Waals surface area (Å²) < 4.78 is 17.3. The van der Waals surface area contributed by atoms with Crippen LogP contribution in [-0.2, 0) is 0 Å². The van der Waals surface area contributed by atoms with Crippen LogP contribution in [0.1, 0.15) is 44.3 Å². The van der Waals surface area contributed by atoms with Gasteiger partial charge in [-0.1, -0.05) is 19.1 Å². The summed E-state index contributed by atoms with van der Waals surface area (Å²) >= 11 is 0. The Balaban J connectivity index is 2.30. The lowest BCUT2D eigenvalue weighted by atomic mass is 10.1. The minimum atomic E-state index is -0.395. The summed E-state index contributed by atoms with van der Waals surface area (Å²) in [6, 6.07) is 7.49. The number of halogens is 1. The Morgan fingerprint density at radius 2 is 1.88 bits per heavy atom. The van der Waals surface area contributed by atoms with Crippen LogP contribution in [0.4, 0.5) is 4.39 Å². The minimum Gasteiger partial charge on any atom is -0.494 e. The van der Waals surface area contributed by atoms with E-state index < -0.39 is 6.10 Å². The van der Waals surface area contributed by atoms with E-state index in [2.05, 4.69) is 0 Å². The van der Waals surface area contributed by atoms with Crippen LogP contribution in [-0.4, -0.2) is 18.4 Å². The van der Waals surface area contributed by atoms with E-state index in [1.54, 1.807) is 0 Å². The average molecular weight is 240 g/mol. The van der Waals surface area contributed by atoms with Crippen LogP contribution in [0.5, 0.6) is 5.75 Å². The normalized spacial score (nSPS) is 12.4. The lowest BCUT2D eigenvalue weighted by Crippen LogP contribution is -1.99. The monoisotopic (exact) mass is 240 g/mol. The van der Waals surface area contributed by atoms with Gasteiger partial charge < -0.3 is 9.84 Å². The van der Waals surface area contributed by atoms with Crippen molar-refractivity contribution >= 4 is 0 Å². The summed E-state index contributed by atoms with van der Waals surface area (Å²) in [4.78, 5) is 0. The molecule has 0 aliphatic rings. The van der Waals surface area contributed by atoms with Crippen LogP contribution >= 0.6 is 0 Å². The van der Waals surface area contributed by atoms with Crippen molar-refractivity contribution in [2.45, 2.75) is 38.7 Å². The summed E-state index contributed by atoms with van der Waals surface area (Å²) in [5, 5.41) is 9.62. The number of benzene rings is 1. The molecule has 2 nitrogen and oxygen atoms in total. The Morgan fingerprint density at radius 1 is 1.18 bits per heavy atom. The van der Waals surface area contributed by atoms with E-state index in [1.807, 2.05) is 31.2 Å². The number of unbranched alkanes of at least 4 members (excludes halogenated alkanes) is 2. The fourth-order valence-corrected chi connectivity index (χ4v) is 1.59. The third-order valence-corrected chi connectivity index (χ3v) is 2.70. The van der Waals surface area contributed by atoms with Crippen molar-refractivity contribution in [3.8, 4) is 5.75 Å². The molecule has 1 aromatic rings. The zero-order valence-corrected chi connectivity index (χ0v) is 10.4. The molecule has 0 bridgehead atoms. The molecule has 1 aromatic carbocycles. The van der Waals surface area contributed by atoms with Crippen LogP contribution in [0.25, 0.3) is 0 Å². The zero-order valence-electron chi connectivity index (χ0n) is 10.4. The lowest BCUT2D eigenvalue weighted by molar-refractivity contribution is 0.173. The molecule has 0 heterocycles. The standard InChI is InChI=1S/C14H21FO2/c1-2-14(16)12-6-8-13(9-7-12)17-11-5-3-4-10-15/h6-9,14,16H,2-5,10-11H2,1H3/t14-/m1/s1. The lowest BCUT2D eigenvalue weighted by Gasteiger charge is -2.10. The number of alkyl halides is 1. The van der Waals surface area contributed by atoms with E-state index in [0.29, 0.717) is 19.4 Å². The predicted octanol–water partition coefficient (Wildman–Crippen LogP) is 3.65. The molecule has 0 unspecified atom stereocenters. The molecule has 0 aromatic heterocycles. The van der Waals surface area contributed by atoms with E-state index in [9.17, 15) is 9.50 Å². The topological polar surface area (TPSA) is 29.5 Å². The second-order valence-electron chi connectivity index (χ2n) is 4.09. The third-order valence-electron chi connectivity index (χ3n) is 2.70. The van der Waals surface area contributed by atoms with E-state index in [0.717, 1.165) is 24.2 Å². The summed E-state index contributed by atoms with van der Waals surface area (Å²) in [7, 11) is 0. The van der Waals surface area contributed by atoms with Gasteiger partial charge in [-0.15, -0.1) is 0 Å². The summed E-state index contributed by atoms with van der Waals surface area (Å²) in [5.74, 6) is 0.803. The van der Waals surface area contributed by atoms with Crippen molar-refractivity contribution in [2.24, 2.45) is 0 Å². The third kappa shape index (κ3) is 5.18. The van der Waals surface area contributed by atoms with Crippen molar-refractivity contribution in [3.05, 3.63) is 29.8 Å². The van der Waals surface area contributed by atoms with Gasteiger partial charge in [-0.2, -0.15) is 0 Å². The first-order valence-corrected chi connectivity index (χ1v) is 6.24. The summed E-state index contributed by atoms with van der Waals surface area (Å²) in [6.07, 6.45) is 2.68. The average Bonchev–Trinajstić information content (AvgIpc) is 2.38. The molecule has 0 aliphatic heterocycles. The first-order valence-electron chi connectivity index (χ1n) is 6.24.